The molecule has 0 spiro atoms. The van der Waals surface area contributed by atoms with Crippen LogP contribution in [0, 0.1) is 5.92 Å². The van der Waals surface area contributed by atoms with Gasteiger partial charge in [-0.3, -0.25) is 4.79 Å². The van der Waals surface area contributed by atoms with Gasteiger partial charge in [-0.2, -0.15) is 12.7 Å². The summed E-state index contributed by atoms with van der Waals surface area (Å²) in [5.41, 5.74) is 7.59. The second-order valence-electron chi connectivity index (χ2n) is 9.81. The minimum absolute atomic E-state index is 0. The number of halogens is 2. The topological polar surface area (TPSA) is 123 Å². The van der Waals surface area contributed by atoms with Crippen LogP contribution in [0.3, 0.4) is 0 Å². The van der Waals surface area contributed by atoms with E-state index < -0.39 is 10.2 Å². The van der Waals surface area contributed by atoms with Crippen LogP contribution in [0.4, 0.5) is 5.69 Å². The largest absolute Gasteiger partial charge is 0.497 e. The Hall–Kier alpha value is -2.28. The van der Waals surface area contributed by atoms with Crippen molar-refractivity contribution in [1.29, 1.82) is 0 Å². The molecular weight excluding hydrogens is 579 g/mol. The van der Waals surface area contributed by atoms with Gasteiger partial charge in [0.05, 0.1) is 30.5 Å². The highest BCUT2D eigenvalue weighted by molar-refractivity contribution is 7.87. The highest BCUT2D eigenvalue weighted by atomic mass is 35.5. The number of rotatable bonds is 14. The number of carbonyl (C=O) groups excluding carboxylic acids is 1. The van der Waals surface area contributed by atoms with Gasteiger partial charge in [0.25, 0.3) is 10.2 Å². The minimum atomic E-state index is -3.41. The summed E-state index contributed by atoms with van der Waals surface area (Å²) in [6.07, 6.45) is 3.04. The Labute approximate surface area is 248 Å². The van der Waals surface area contributed by atoms with E-state index in [0.717, 1.165) is 42.2 Å². The zero-order valence-corrected chi connectivity index (χ0v) is 25.8. The van der Waals surface area contributed by atoms with E-state index in [1.165, 1.54) is 14.1 Å². The molecule has 0 aliphatic carbocycles. The van der Waals surface area contributed by atoms with Gasteiger partial charge in [0.2, 0.25) is 0 Å². The van der Waals surface area contributed by atoms with Gasteiger partial charge in [0.15, 0.2) is 5.78 Å². The summed E-state index contributed by atoms with van der Waals surface area (Å²) in [7, 11) is 2.75. The van der Waals surface area contributed by atoms with Crippen LogP contribution in [0.1, 0.15) is 41.6 Å². The Balaban J connectivity index is 0.00000560. The molecule has 10 nitrogen and oxygen atoms in total. The third kappa shape index (κ3) is 9.67. The second kappa shape index (κ2) is 15.6. The average Bonchev–Trinajstić information content (AvgIpc) is 2.92. The van der Waals surface area contributed by atoms with Crippen LogP contribution in [0.25, 0.3) is 0 Å². The molecule has 0 amide bonds. The summed E-state index contributed by atoms with van der Waals surface area (Å²) >= 11 is 6.26. The number of hydrogen-bond donors (Lipinski definition) is 2. The molecule has 1 saturated heterocycles. The highest BCUT2D eigenvalue weighted by Gasteiger charge is 2.22. The maximum absolute atomic E-state index is 13.2. The van der Waals surface area contributed by atoms with E-state index in [0.29, 0.717) is 59.0 Å². The molecule has 0 radical (unpaired) electrons. The molecule has 0 unspecified atom stereocenters. The Bertz CT molecular complexity index is 1220. The maximum atomic E-state index is 13.2. The summed E-state index contributed by atoms with van der Waals surface area (Å²) in [6, 6.07) is 8.63. The van der Waals surface area contributed by atoms with Crippen molar-refractivity contribution in [2.75, 3.05) is 60.2 Å². The predicted octanol–water partition coefficient (Wildman–Crippen LogP) is 4.01. The summed E-state index contributed by atoms with van der Waals surface area (Å²) in [5.74, 6) is 2.04. The zero-order chi connectivity index (χ0) is 28.6. The normalized spacial score (nSPS) is 14.6. The fourth-order valence-electron chi connectivity index (χ4n) is 4.45. The van der Waals surface area contributed by atoms with E-state index in [4.69, 9.17) is 31.5 Å². The van der Waals surface area contributed by atoms with Gasteiger partial charge in [-0.25, -0.2) is 4.72 Å². The first-order valence-corrected chi connectivity index (χ1v) is 14.7. The van der Waals surface area contributed by atoms with E-state index in [1.807, 2.05) is 12.1 Å². The number of hydrogen-bond acceptors (Lipinski definition) is 8. The first-order valence-electron chi connectivity index (χ1n) is 12.9. The van der Waals surface area contributed by atoms with Crippen molar-refractivity contribution in [3.05, 3.63) is 46.5 Å². The number of anilines is 1. The molecule has 2 aromatic carbocycles. The average molecular weight is 620 g/mol. The number of ketones is 1. The van der Waals surface area contributed by atoms with E-state index in [9.17, 15) is 13.2 Å². The number of methoxy groups -OCH3 is 2. The number of piperidine rings is 1. The van der Waals surface area contributed by atoms with Crippen molar-refractivity contribution in [2.45, 2.75) is 32.3 Å². The van der Waals surface area contributed by atoms with Crippen molar-refractivity contribution in [3.63, 3.8) is 0 Å². The summed E-state index contributed by atoms with van der Waals surface area (Å²) in [4.78, 5) is 15.5. The number of benzene rings is 2. The van der Waals surface area contributed by atoms with Gasteiger partial charge in [-0.05, 0) is 62.0 Å². The smallest absolute Gasteiger partial charge is 0.278 e. The molecule has 3 N–H and O–H groups in total. The number of Topliss-reactive ketones (excluding diaryl/α,β-unsaturated/α-hetero) is 1. The van der Waals surface area contributed by atoms with Crippen LogP contribution in [0.15, 0.2) is 30.3 Å². The lowest BCUT2D eigenvalue weighted by Gasteiger charge is -2.32. The van der Waals surface area contributed by atoms with Crippen LogP contribution in [0.5, 0.6) is 17.2 Å². The minimum Gasteiger partial charge on any atom is -0.497 e. The number of nitrogens with one attached hydrogen (secondary N) is 1. The maximum Gasteiger partial charge on any atom is 0.278 e. The molecule has 3 rings (SSSR count). The molecule has 1 heterocycles. The Morgan fingerprint density at radius 2 is 1.73 bits per heavy atom. The molecule has 224 valence electrons. The lowest BCUT2D eigenvalue weighted by molar-refractivity contribution is 0.0958. The monoisotopic (exact) mass is 618 g/mol. The molecular formula is C27H40Cl2N4O6S. The molecule has 0 saturated carbocycles. The highest BCUT2D eigenvalue weighted by Crippen LogP contribution is 2.32. The van der Waals surface area contributed by atoms with Gasteiger partial charge in [-0.1, -0.05) is 11.6 Å². The standard InChI is InChI=1S/C27H39ClN4O6S.ClH/c1-31(2)39(34,35)30-9-12-32-10-7-19(8-11-32)5-6-26(33)23-16-24(28)25(29)17-27(23)38-18-20-13-21(36-3)15-22(14-20)37-4;/h13-17,19,30H,5-12,18,29H2,1-4H3;1H. The third-order valence-electron chi connectivity index (χ3n) is 6.88. The number of nitrogens with zero attached hydrogens (tertiary/aromatic N) is 2. The molecule has 0 aromatic heterocycles. The fourth-order valence-corrected chi connectivity index (χ4v) is 5.22. The molecule has 2 aromatic rings. The molecule has 1 aliphatic heterocycles. The van der Waals surface area contributed by atoms with Gasteiger partial charge in [0.1, 0.15) is 23.9 Å². The van der Waals surface area contributed by atoms with E-state index in [1.54, 1.807) is 32.4 Å². The number of carbonyl (C=O) groups is 1. The second-order valence-corrected chi connectivity index (χ2v) is 12.2. The number of ether oxygens (including phenoxy) is 3. The van der Waals surface area contributed by atoms with Crippen LogP contribution in [0.2, 0.25) is 5.02 Å². The van der Waals surface area contributed by atoms with Crippen molar-refractivity contribution in [2.24, 2.45) is 5.92 Å². The van der Waals surface area contributed by atoms with Gasteiger partial charge in [0, 0.05) is 45.7 Å². The van der Waals surface area contributed by atoms with E-state index >= 15 is 0 Å². The van der Waals surface area contributed by atoms with Gasteiger partial charge in [-0.15, -0.1) is 12.4 Å². The first-order chi connectivity index (χ1) is 18.5. The third-order valence-corrected chi connectivity index (χ3v) is 8.74. The van der Waals surface area contributed by atoms with Gasteiger partial charge >= 0.3 is 0 Å². The molecule has 1 aliphatic rings. The molecule has 40 heavy (non-hydrogen) atoms. The number of nitrogen functional groups attached to an aromatic ring is 1. The fraction of sp³-hybridized carbons (Fsp3) is 0.519. The quantitative estimate of drug-likeness (QED) is 0.240. The number of likely N-dealkylation sites (tertiary alicyclic amines) is 1. The van der Waals surface area contributed by atoms with Crippen molar-refractivity contribution >= 4 is 45.7 Å². The summed E-state index contributed by atoms with van der Waals surface area (Å²) < 4.78 is 44.1. The van der Waals surface area contributed by atoms with Crippen molar-refractivity contribution in [1.82, 2.24) is 13.9 Å². The van der Waals surface area contributed by atoms with Crippen molar-refractivity contribution in [3.8, 4) is 17.2 Å². The van der Waals surface area contributed by atoms with Crippen LogP contribution < -0.4 is 24.7 Å². The van der Waals surface area contributed by atoms with Crippen LogP contribution >= 0.6 is 24.0 Å². The molecule has 0 bridgehead atoms. The Morgan fingerprint density at radius 1 is 1.10 bits per heavy atom. The summed E-state index contributed by atoms with van der Waals surface area (Å²) in [5, 5.41) is 0.312. The SMILES string of the molecule is COc1cc(COc2cc(N)c(Cl)cc2C(=O)CCC2CCN(CCNS(=O)(=O)N(C)C)CC2)cc(OC)c1.Cl. The lowest BCUT2D eigenvalue weighted by Crippen LogP contribution is -2.42. The summed E-state index contributed by atoms with van der Waals surface area (Å²) in [6.45, 7) is 2.96. The molecule has 13 heteroatoms. The van der Waals surface area contributed by atoms with E-state index in [2.05, 4.69) is 9.62 Å². The van der Waals surface area contributed by atoms with Crippen LogP contribution in [-0.4, -0.2) is 77.9 Å². The first kappa shape index (κ1) is 33.9. The Morgan fingerprint density at radius 3 is 2.30 bits per heavy atom. The predicted molar refractivity (Wildman–Crippen MR) is 160 cm³/mol. The molecule has 1 fully saturated rings. The zero-order valence-electron chi connectivity index (χ0n) is 23.4. The van der Waals surface area contributed by atoms with E-state index in [-0.39, 0.29) is 24.8 Å². The Kier molecular flexibility index (Phi) is 13.3. The van der Waals surface area contributed by atoms with Gasteiger partial charge < -0.3 is 24.8 Å². The number of nitrogens with two attached hydrogens (primary N) is 1. The molecule has 0 atom stereocenters. The van der Waals surface area contributed by atoms with Crippen LogP contribution in [-0.2, 0) is 16.8 Å². The van der Waals surface area contributed by atoms with Crippen molar-refractivity contribution < 1.29 is 27.4 Å². The lowest BCUT2D eigenvalue weighted by atomic mass is 9.90.